The van der Waals surface area contributed by atoms with E-state index >= 15 is 0 Å². The van der Waals surface area contributed by atoms with Gasteiger partial charge in [-0.2, -0.15) is 5.10 Å². The van der Waals surface area contributed by atoms with Gasteiger partial charge in [-0.1, -0.05) is 36.2 Å². The molecule has 3 nitrogen and oxygen atoms in total. The SMILES string of the molecule is CCNC(c1ccc(Cl)c(Cl)c1)c1c(Br)cnn1C(C)C. The number of rotatable bonds is 5. The molecule has 0 amide bonds. The molecule has 1 unspecified atom stereocenters. The first-order chi connectivity index (χ1) is 9.95. The lowest BCUT2D eigenvalue weighted by Crippen LogP contribution is -2.26. The monoisotopic (exact) mass is 389 g/mol. The van der Waals surface area contributed by atoms with Crippen LogP contribution in [-0.4, -0.2) is 16.3 Å². The standard InChI is InChI=1S/C15H18BrCl2N3/c1-4-19-14(10-5-6-12(17)13(18)7-10)15-11(16)8-20-21(15)9(2)3/h5-9,14,19H,4H2,1-3H3. The van der Waals surface area contributed by atoms with Gasteiger partial charge in [-0.15, -0.1) is 0 Å². The minimum absolute atomic E-state index is 0.00374. The maximum atomic E-state index is 6.17. The minimum atomic E-state index is 0.00374. The van der Waals surface area contributed by atoms with E-state index in [0.29, 0.717) is 10.0 Å². The number of hydrogen-bond donors (Lipinski definition) is 1. The molecule has 0 aliphatic heterocycles. The van der Waals surface area contributed by atoms with Crippen molar-refractivity contribution in [3.63, 3.8) is 0 Å². The number of aromatic nitrogens is 2. The first-order valence-corrected chi connectivity index (χ1v) is 8.41. The number of halogens is 3. The molecule has 0 fully saturated rings. The Kier molecular flexibility index (Phi) is 5.72. The van der Waals surface area contributed by atoms with E-state index in [1.54, 1.807) is 0 Å². The van der Waals surface area contributed by atoms with E-state index in [-0.39, 0.29) is 12.1 Å². The molecule has 6 heteroatoms. The van der Waals surface area contributed by atoms with Gasteiger partial charge in [0.15, 0.2) is 0 Å². The molecule has 0 saturated carbocycles. The molecule has 2 aromatic rings. The van der Waals surface area contributed by atoms with E-state index in [4.69, 9.17) is 23.2 Å². The molecule has 1 aromatic heterocycles. The molecule has 0 saturated heterocycles. The van der Waals surface area contributed by atoms with Crippen LogP contribution in [0, 0.1) is 0 Å². The van der Waals surface area contributed by atoms with Crippen LogP contribution >= 0.6 is 39.1 Å². The fourth-order valence-electron chi connectivity index (χ4n) is 2.30. The second kappa shape index (κ2) is 7.14. The molecule has 1 heterocycles. The van der Waals surface area contributed by atoms with Crippen LogP contribution in [0.4, 0.5) is 0 Å². The molecule has 0 bridgehead atoms. The maximum Gasteiger partial charge on any atom is 0.0760 e. The second-order valence-electron chi connectivity index (χ2n) is 5.08. The summed E-state index contributed by atoms with van der Waals surface area (Å²) in [5.41, 5.74) is 2.15. The zero-order chi connectivity index (χ0) is 15.6. The summed E-state index contributed by atoms with van der Waals surface area (Å²) in [4.78, 5) is 0. The van der Waals surface area contributed by atoms with E-state index in [1.807, 2.05) is 29.1 Å². The smallest absolute Gasteiger partial charge is 0.0760 e. The van der Waals surface area contributed by atoms with Crippen LogP contribution in [0.3, 0.4) is 0 Å². The number of nitrogens with one attached hydrogen (secondary N) is 1. The Morgan fingerprint density at radius 2 is 2.00 bits per heavy atom. The average molecular weight is 391 g/mol. The van der Waals surface area contributed by atoms with Gasteiger partial charge in [0.2, 0.25) is 0 Å². The summed E-state index contributed by atoms with van der Waals surface area (Å²) < 4.78 is 2.99. The molecular formula is C15H18BrCl2N3. The molecule has 114 valence electrons. The third kappa shape index (κ3) is 3.62. The van der Waals surface area contributed by atoms with Crippen molar-refractivity contribution in [2.75, 3.05) is 6.54 Å². The zero-order valence-electron chi connectivity index (χ0n) is 12.2. The van der Waals surface area contributed by atoms with Crippen molar-refractivity contribution in [1.29, 1.82) is 0 Å². The van der Waals surface area contributed by atoms with Crippen molar-refractivity contribution < 1.29 is 0 Å². The summed E-state index contributed by atoms with van der Waals surface area (Å²) in [5.74, 6) is 0. The Hall–Kier alpha value is -0.550. The van der Waals surface area contributed by atoms with Gasteiger partial charge in [0.1, 0.15) is 0 Å². The molecule has 0 radical (unpaired) electrons. The lowest BCUT2D eigenvalue weighted by atomic mass is 10.0. The summed E-state index contributed by atoms with van der Waals surface area (Å²) >= 11 is 15.8. The van der Waals surface area contributed by atoms with Crippen LogP contribution in [0.2, 0.25) is 10.0 Å². The Labute approximate surface area is 143 Å². The highest BCUT2D eigenvalue weighted by molar-refractivity contribution is 9.10. The molecular weight excluding hydrogens is 373 g/mol. The molecule has 1 N–H and O–H groups in total. The van der Waals surface area contributed by atoms with Gasteiger partial charge >= 0.3 is 0 Å². The van der Waals surface area contributed by atoms with Crippen LogP contribution < -0.4 is 5.32 Å². The highest BCUT2D eigenvalue weighted by atomic mass is 79.9. The lowest BCUT2D eigenvalue weighted by molar-refractivity contribution is 0.475. The van der Waals surface area contributed by atoms with Crippen LogP contribution in [0.25, 0.3) is 0 Å². The van der Waals surface area contributed by atoms with Gasteiger partial charge in [0, 0.05) is 6.04 Å². The summed E-state index contributed by atoms with van der Waals surface area (Å²) in [7, 11) is 0. The Balaban J connectivity index is 2.53. The van der Waals surface area contributed by atoms with Crippen molar-refractivity contribution in [2.24, 2.45) is 0 Å². The second-order valence-corrected chi connectivity index (χ2v) is 6.75. The average Bonchev–Trinajstić information content (AvgIpc) is 2.81. The van der Waals surface area contributed by atoms with Crippen LogP contribution in [0.5, 0.6) is 0 Å². The van der Waals surface area contributed by atoms with E-state index in [0.717, 1.165) is 22.3 Å². The maximum absolute atomic E-state index is 6.17. The summed E-state index contributed by atoms with van der Waals surface area (Å²) in [6, 6.07) is 6.00. The lowest BCUT2D eigenvalue weighted by Gasteiger charge is -2.22. The normalized spacial score (nSPS) is 12.9. The van der Waals surface area contributed by atoms with Crippen molar-refractivity contribution in [3.8, 4) is 0 Å². The quantitative estimate of drug-likeness (QED) is 0.757. The van der Waals surface area contributed by atoms with Crippen LogP contribution in [0.15, 0.2) is 28.9 Å². The van der Waals surface area contributed by atoms with E-state index in [1.165, 1.54) is 0 Å². The molecule has 0 spiro atoms. The van der Waals surface area contributed by atoms with Crippen molar-refractivity contribution in [2.45, 2.75) is 32.9 Å². The van der Waals surface area contributed by atoms with Gasteiger partial charge < -0.3 is 5.32 Å². The molecule has 1 atom stereocenters. The Morgan fingerprint density at radius 3 is 2.57 bits per heavy atom. The molecule has 0 aliphatic carbocycles. The first-order valence-electron chi connectivity index (χ1n) is 6.87. The van der Waals surface area contributed by atoms with Gasteiger partial charge in [-0.3, -0.25) is 4.68 Å². The highest BCUT2D eigenvalue weighted by Gasteiger charge is 2.23. The molecule has 1 aromatic carbocycles. The minimum Gasteiger partial charge on any atom is -0.305 e. The van der Waals surface area contributed by atoms with Gasteiger partial charge in [-0.25, -0.2) is 0 Å². The third-order valence-corrected chi connectivity index (χ3v) is 4.58. The molecule has 2 rings (SSSR count). The Morgan fingerprint density at radius 1 is 1.29 bits per heavy atom. The van der Waals surface area contributed by atoms with Crippen molar-refractivity contribution in [3.05, 3.63) is 50.2 Å². The zero-order valence-corrected chi connectivity index (χ0v) is 15.3. The third-order valence-electron chi connectivity index (χ3n) is 3.23. The largest absolute Gasteiger partial charge is 0.305 e. The topological polar surface area (TPSA) is 29.9 Å². The predicted octanol–water partition coefficient (Wildman–Crippen LogP) is 5.23. The summed E-state index contributed by atoms with van der Waals surface area (Å²) in [6.45, 7) is 7.14. The fourth-order valence-corrected chi connectivity index (χ4v) is 3.11. The van der Waals surface area contributed by atoms with E-state index in [9.17, 15) is 0 Å². The Bertz CT molecular complexity index is 625. The summed E-state index contributed by atoms with van der Waals surface area (Å²) in [5, 5.41) is 9.07. The number of nitrogens with zero attached hydrogens (tertiary/aromatic N) is 2. The number of benzene rings is 1. The molecule has 0 aliphatic rings. The number of hydrogen-bond acceptors (Lipinski definition) is 2. The van der Waals surface area contributed by atoms with Crippen molar-refractivity contribution in [1.82, 2.24) is 15.1 Å². The highest BCUT2D eigenvalue weighted by Crippen LogP contribution is 2.33. The van der Waals surface area contributed by atoms with E-state index in [2.05, 4.69) is 47.1 Å². The predicted molar refractivity (Wildman–Crippen MR) is 92.3 cm³/mol. The fraction of sp³-hybridized carbons (Fsp3) is 0.400. The van der Waals surface area contributed by atoms with Gasteiger partial charge in [-0.05, 0) is 54.0 Å². The first kappa shape index (κ1) is 16.8. The van der Waals surface area contributed by atoms with Crippen LogP contribution in [-0.2, 0) is 0 Å². The van der Waals surface area contributed by atoms with Crippen LogP contribution in [0.1, 0.15) is 44.1 Å². The summed E-state index contributed by atoms with van der Waals surface area (Å²) in [6.07, 6.45) is 1.83. The van der Waals surface area contributed by atoms with Crippen molar-refractivity contribution >= 4 is 39.1 Å². The van der Waals surface area contributed by atoms with Gasteiger partial charge in [0.05, 0.1) is 32.5 Å². The van der Waals surface area contributed by atoms with Gasteiger partial charge in [0.25, 0.3) is 0 Å². The van der Waals surface area contributed by atoms with E-state index < -0.39 is 0 Å². The molecule has 21 heavy (non-hydrogen) atoms.